The Labute approximate surface area is 125 Å². The van der Waals surface area contributed by atoms with E-state index in [9.17, 15) is 15.3 Å². The SMILES string of the molecule is CNc1nc(N)nc2c1ncn2C1OC(CO)[C@@H](O)[C@@]1(C)O. The molecule has 2 aromatic rings. The Hall–Kier alpha value is -2.01. The fraction of sp³-hybridized carbons (Fsp3) is 0.583. The smallest absolute Gasteiger partial charge is 0.224 e. The fourth-order valence-electron chi connectivity index (χ4n) is 2.67. The van der Waals surface area contributed by atoms with E-state index >= 15 is 0 Å². The predicted molar refractivity (Wildman–Crippen MR) is 76.9 cm³/mol. The van der Waals surface area contributed by atoms with Crippen molar-refractivity contribution in [2.75, 3.05) is 24.7 Å². The summed E-state index contributed by atoms with van der Waals surface area (Å²) in [6, 6.07) is 0. The van der Waals surface area contributed by atoms with Gasteiger partial charge in [-0.05, 0) is 6.92 Å². The minimum atomic E-state index is -1.62. The number of nitrogens with zero attached hydrogens (tertiary/aromatic N) is 4. The zero-order valence-corrected chi connectivity index (χ0v) is 12.1. The number of imidazole rings is 1. The number of nitrogens with two attached hydrogens (primary N) is 1. The molecule has 2 aromatic heterocycles. The summed E-state index contributed by atoms with van der Waals surface area (Å²) in [6.45, 7) is 1.01. The van der Waals surface area contributed by atoms with E-state index in [1.807, 2.05) is 0 Å². The molecule has 120 valence electrons. The van der Waals surface area contributed by atoms with Gasteiger partial charge < -0.3 is 31.1 Å². The lowest BCUT2D eigenvalue weighted by Crippen LogP contribution is -2.44. The van der Waals surface area contributed by atoms with Crippen LogP contribution in [0.5, 0.6) is 0 Å². The molecule has 4 atom stereocenters. The van der Waals surface area contributed by atoms with Crippen LogP contribution in [0.3, 0.4) is 0 Å². The Morgan fingerprint density at radius 1 is 1.50 bits per heavy atom. The molecule has 0 amide bonds. The van der Waals surface area contributed by atoms with E-state index in [4.69, 9.17) is 10.5 Å². The Morgan fingerprint density at radius 2 is 2.23 bits per heavy atom. The van der Waals surface area contributed by atoms with Crippen LogP contribution >= 0.6 is 0 Å². The third-order valence-electron chi connectivity index (χ3n) is 3.86. The van der Waals surface area contributed by atoms with E-state index in [1.165, 1.54) is 17.8 Å². The highest BCUT2D eigenvalue weighted by atomic mass is 16.6. The van der Waals surface area contributed by atoms with E-state index in [2.05, 4.69) is 20.3 Å². The first-order chi connectivity index (χ1) is 10.4. The van der Waals surface area contributed by atoms with Gasteiger partial charge in [0, 0.05) is 7.05 Å². The molecule has 0 aliphatic carbocycles. The summed E-state index contributed by atoms with van der Waals surface area (Å²) in [6.07, 6.45) is -1.70. The van der Waals surface area contributed by atoms with Crippen LogP contribution in [0, 0.1) is 0 Å². The second kappa shape index (κ2) is 5.02. The molecular weight excluding hydrogens is 292 g/mol. The van der Waals surface area contributed by atoms with E-state index in [-0.39, 0.29) is 5.95 Å². The molecule has 22 heavy (non-hydrogen) atoms. The molecule has 1 aliphatic rings. The minimum Gasteiger partial charge on any atom is -0.394 e. The van der Waals surface area contributed by atoms with Gasteiger partial charge in [0.05, 0.1) is 12.9 Å². The molecule has 3 heterocycles. The van der Waals surface area contributed by atoms with Crippen molar-refractivity contribution < 1.29 is 20.1 Å². The highest BCUT2D eigenvalue weighted by molar-refractivity contribution is 5.84. The number of anilines is 2. The molecule has 3 rings (SSSR count). The summed E-state index contributed by atoms with van der Waals surface area (Å²) in [5.41, 5.74) is 4.87. The molecule has 1 aliphatic heterocycles. The third kappa shape index (κ3) is 2.00. The van der Waals surface area contributed by atoms with Crippen molar-refractivity contribution in [2.24, 2.45) is 0 Å². The number of ether oxygens (including phenoxy) is 1. The van der Waals surface area contributed by atoms with E-state index in [1.54, 1.807) is 7.05 Å². The third-order valence-corrected chi connectivity index (χ3v) is 3.86. The van der Waals surface area contributed by atoms with Gasteiger partial charge >= 0.3 is 0 Å². The summed E-state index contributed by atoms with van der Waals surface area (Å²) in [7, 11) is 1.67. The van der Waals surface area contributed by atoms with Gasteiger partial charge in [-0.15, -0.1) is 0 Å². The summed E-state index contributed by atoms with van der Waals surface area (Å²) < 4.78 is 7.02. The Kier molecular flexibility index (Phi) is 3.40. The van der Waals surface area contributed by atoms with E-state index in [0.717, 1.165) is 0 Å². The van der Waals surface area contributed by atoms with Crippen molar-refractivity contribution in [1.29, 1.82) is 0 Å². The molecule has 0 spiro atoms. The fourth-order valence-corrected chi connectivity index (χ4v) is 2.67. The van der Waals surface area contributed by atoms with Gasteiger partial charge in [0.1, 0.15) is 17.8 Å². The Balaban J connectivity index is 2.13. The number of rotatable bonds is 3. The number of aromatic nitrogens is 4. The molecule has 1 saturated heterocycles. The van der Waals surface area contributed by atoms with Crippen molar-refractivity contribution in [2.45, 2.75) is 31.0 Å². The first kappa shape index (κ1) is 14.9. The van der Waals surface area contributed by atoms with Gasteiger partial charge in [0.2, 0.25) is 5.95 Å². The molecule has 2 unspecified atom stereocenters. The van der Waals surface area contributed by atoms with Crippen molar-refractivity contribution >= 4 is 22.9 Å². The van der Waals surface area contributed by atoms with Crippen LogP contribution < -0.4 is 11.1 Å². The standard InChI is InChI=1S/C12H18N6O4/c1-12(21)7(20)5(3-19)22-10(12)18-4-15-6-8(14-2)16-11(13)17-9(6)18/h4-5,7,10,19-21H,3H2,1-2H3,(H3,13,14,16,17)/t5?,7-,10?,12-/m1/s1. The van der Waals surface area contributed by atoms with Crippen LogP contribution in [0.25, 0.3) is 11.2 Å². The average molecular weight is 310 g/mol. The lowest BCUT2D eigenvalue weighted by atomic mass is 9.96. The van der Waals surface area contributed by atoms with Gasteiger partial charge in [-0.3, -0.25) is 4.57 Å². The summed E-state index contributed by atoms with van der Waals surface area (Å²) in [5.74, 6) is 0.480. The van der Waals surface area contributed by atoms with Crippen LogP contribution in [-0.2, 0) is 4.74 Å². The molecule has 10 heteroatoms. The van der Waals surface area contributed by atoms with Crippen LogP contribution in [0.15, 0.2) is 6.33 Å². The maximum Gasteiger partial charge on any atom is 0.224 e. The molecule has 0 saturated carbocycles. The van der Waals surface area contributed by atoms with Crippen molar-refractivity contribution in [3.05, 3.63) is 6.33 Å². The maximum absolute atomic E-state index is 10.5. The van der Waals surface area contributed by atoms with Crippen molar-refractivity contribution in [3.63, 3.8) is 0 Å². The molecular formula is C12H18N6O4. The average Bonchev–Trinajstić information content (AvgIpc) is 2.98. The normalized spacial score (nSPS) is 31.8. The van der Waals surface area contributed by atoms with Gasteiger partial charge in [0.15, 0.2) is 23.2 Å². The van der Waals surface area contributed by atoms with Gasteiger partial charge in [-0.1, -0.05) is 0 Å². The Bertz CT molecular complexity index is 702. The summed E-state index contributed by atoms with van der Waals surface area (Å²) in [4.78, 5) is 12.4. The van der Waals surface area contributed by atoms with E-state index < -0.39 is 30.6 Å². The molecule has 0 aromatic carbocycles. The van der Waals surface area contributed by atoms with Crippen LogP contribution in [0.1, 0.15) is 13.2 Å². The van der Waals surface area contributed by atoms with Crippen LogP contribution in [0.4, 0.5) is 11.8 Å². The first-order valence-corrected chi connectivity index (χ1v) is 6.74. The second-order valence-corrected chi connectivity index (χ2v) is 5.38. The monoisotopic (exact) mass is 310 g/mol. The zero-order chi connectivity index (χ0) is 16.1. The van der Waals surface area contributed by atoms with Crippen LogP contribution in [0.2, 0.25) is 0 Å². The number of aliphatic hydroxyl groups is 3. The highest BCUT2D eigenvalue weighted by Gasteiger charge is 2.53. The lowest BCUT2D eigenvalue weighted by Gasteiger charge is -2.27. The molecule has 6 N–H and O–H groups in total. The predicted octanol–water partition coefficient (Wildman–Crippen LogP) is -1.55. The number of hydrogen-bond acceptors (Lipinski definition) is 9. The van der Waals surface area contributed by atoms with Gasteiger partial charge in [-0.2, -0.15) is 9.97 Å². The number of nitrogens with one attached hydrogen (secondary N) is 1. The summed E-state index contributed by atoms with van der Waals surface area (Å²) >= 11 is 0. The highest BCUT2D eigenvalue weighted by Crippen LogP contribution is 2.39. The van der Waals surface area contributed by atoms with Gasteiger partial charge in [0.25, 0.3) is 0 Å². The second-order valence-electron chi connectivity index (χ2n) is 5.38. The number of aliphatic hydroxyl groups excluding tert-OH is 2. The molecule has 1 fully saturated rings. The topological polar surface area (TPSA) is 152 Å². The zero-order valence-electron chi connectivity index (χ0n) is 12.1. The van der Waals surface area contributed by atoms with Crippen LogP contribution in [-0.4, -0.2) is 66.3 Å². The van der Waals surface area contributed by atoms with Crippen molar-refractivity contribution in [3.8, 4) is 0 Å². The lowest BCUT2D eigenvalue weighted by molar-refractivity contribution is -0.0950. The minimum absolute atomic E-state index is 0.0375. The summed E-state index contributed by atoms with van der Waals surface area (Å²) in [5, 5.41) is 32.7. The number of fused-ring (bicyclic) bond motifs is 1. The molecule has 0 radical (unpaired) electrons. The first-order valence-electron chi connectivity index (χ1n) is 6.74. The number of hydrogen-bond donors (Lipinski definition) is 5. The number of nitrogen functional groups attached to an aromatic ring is 1. The quantitative estimate of drug-likeness (QED) is 0.453. The van der Waals surface area contributed by atoms with Crippen molar-refractivity contribution in [1.82, 2.24) is 19.5 Å². The molecule has 0 bridgehead atoms. The van der Waals surface area contributed by atoms with Gasteiger partial charge in [-0.25, -0.2) is 4.98 Å². The maximum atomic E-state index is 10.5. The van der Waals surface area contributed by atoms with E-state index in [0.29, 0.717) is 17.0 Å². The Morgan fingerprint density at radius 3 is 2.82 bits per heavy atom. The molecule has 10 nitrogen and oxygen atoms in total. The largest absolute Gasteiger partial charge is 0.394 e.